The van der Waals surface area contributed by atoms with Gasteiger partial charge in [0.25, 0.3) is 5.91 Å². The molecule has 142 valence electrons. The summed E-state index contributed by atoms with van der Waals surface area (Å²) < 4.78 is 10.7. The number of nitrogens with one attached hydrogen (secondary N) is 2. The second-order valence-corrected chi connectivity index (χ2v) is 6.69. The summed E-state index contributed by atoms with van der Waals surface area (Å²) in [6, 6.07) is 14.7. The highest BCUT2D eigenvalue weighted by Crippen LogP contribution is 2.29. The molecule has 3 rings (SSSR count). The molecular weight excluding hydrogens is 386 g/mol. The first-order valence-corrected chi connectivity index (χ1v) is 9.31. The molecule has 6 nitrogen and oxygen atoms in total. The Morgan fingerprint density at radius 2 is 1.93 bits per heavy atom. The molecule has 0 aliphatic carbocycles. The standard InChI is InChI=1S/C19H20ClN3O3S/c20-16-12-14(6-7-17(16)23-8-10-25-11-9-23)21-19(27)22-18(24)13-26-15-4-2-1-3-5-15/h1-7,12H,8-11,13H2,(H2,21,22,24,27). The summed E-state index contributed by atoms with van der Waals surface area (Å²) in [5.41, 5.74) is 1.66. The van der Waals surface area contributed by atoms with Gasteiger partial charge < -0.3 is 19.7 Å². The highest BCUT2D eigenvalue weighted by molar-refractivity contribution is 7.80. The van der Waals surface area contributed by atoms with E-state index in [2.05, 4.69) is 15.5 Å². The summed E-state index contributed by atoms with van der Waals surface area (Å²) in [4.78, 5) is 14.1. The third-order valence-corrected chi connectivity index (χ3v) is 4.43. The van der Waals surface area contributed by atoms with E-state index < -0.39 is 0 Å². The van der Waals surface area contributed by atoms with E-state index in [1.165, 1.54) is 0 Å². The number of para-hydroxylation sites is 1. The number of hydrogen-bond donors (Lipinski definition) is 2. The summed E-state index contributed by atoms with van der Waals surface area (Å²) in [7, 11) is 0. The van der Waals surface area contributed by atoms with Gasteiger partial charge in [-0.2, -0.15) is 0 Å². The van der Waals surface area contributed by atoms with Gasteiger partial charge in [0, 0.05) is 18.8 Å². The number of thiocarbonyl (C=S) groups is 1. The lowest BCUT2D eigenvalue weighted by molar-refractivity contribution is -0.121. The molecule has 27 heavy (non-hydrogen) atoms. The zero-order valence-corrected chi connectivity index (χ0v) is 16.2. The van der Waals surface area contributed by atoms with Crippen molar-refractivity contribution < 1.29 is 14.3 Å². The summed E-state index contributed by atoms with van der Waals surface area (Å²) in [5, 5.41) is 6.34. The van der Waals surface area contributed by atoms with Gasteiger partial charge in [-0.1, -0.05) is 29.8 Å². The summed E-state index contributed by atoms with van der Waals surface area (Å²) >= 11 is 11.6. The minimum Gasteiger partial charge on any atom is -0.484 e. The van der Waals surface area contributed by atoms with Crippen molar-refractivity contribution in [1.82, 2.24) is 5.32 Å². The molecule has 2 N–H and O–H groups in total. The van der Waals surface area contributed by atoms with Crippen molar-refractivity contribution in [2.75, 3.05) is 43.1 Å². The molecule has 0 spiro atoms. The summed E-state index contributed by atoms with van der Waals surface area (Å²) in [6.07, 6.45) is 0. The van der Waals surface area contributed by atoms with Gasteiger partial charge in [0.2, 0.25) is 0 Å². The number of ether oxygens (including phenoxy) is 2. The maximum atomic E-state index is 11.9. The molecule has 1 aliphatic rings. The topological polar surface area (TPSA) is 62.8 Å². The van der Waals surface area contributed by atoms with Gasteiger partial charge in [-0.05, 0) is 42.5 Å². The van der Waals surface area contributed by atoms with E-state index in [0.717, 1.165) is 18.8 Å². The molecule has 0 aromatic heterocycles. The second-order valence-electron chi connectivity index (χ2n) is 5.87. The number of anilines is 2. The Morgan fingerprint density at radius 1 is 1.19 bits per heavy atom. The van der Waals surface area contributed by atoms with Crippen LogP contribution in [0.15, 0.2) is 48.5 Å². The van der Waals surface area contributed by atoms with Gasteiger partial charge in [0.05, 0.1) is 23.9 Å². The van der Waals surface area contributed by atoms with Gasteiger partial charge in [0.1, 0.15) is 5.75 Å². The van der Waals surface area contributed by atoms with Crippen LogP contribution in [0.2, 0.25) is 5.02 Å². The summed E-state index contributed by atoms with van der Waals surface area (Å²) in [5.74, 6) is 0.282. The second kappa shape index (κ2) is 9.55. The predicted octanol–water partition coefficient (Wildman–Crippen LogP) is 3.07. The maximum absolute atomic E-state index is 11.9. The van der Waals surface area contributed by atoms with Crippen molar-refractivity contribution in [3.05, 3.63) is 53.6 Å². The van der Waals surface area contributed by atoms with E-state index in [-0.39, 0.29) is 17.6 Å². The number of hydrogen-bond acceptors (Lipinski definition) is 5. The van der Waals surface area contributed by atoms with Gasteiger partial charge >= 0.3 is 0 Å². The van der Waals surface area contributed by atoms with Gasteiger partial charge in [0.15, 0.2) is 11.7 Å². The molecule has 0 atom stereocenters. The Bertz CT molecular complexity index is 798. The molecular formula is C19H20ClN3O3S. The first-order valence-electron chi connectivity index (χ1n) is 8.53. The summed E-state index contributed by atoms with van der Waals surface area (Å²) in [6.45, 7) is 2.88. The normalized spacial score (nSPS) is 13.7. The molecule has 1 fully saturated rings. The van der Waals surface area contributed by atoms with Crippen LogP contribution in [0.3, 0.4) is 0 Å². The minimum absolute atomic E-state index is 0.122. The highest BCUT2D eigenvalue weighted by Gasteiger charge is 2.15. The first-order chi connectivity index (χ1) is 13.1. The largest absolute Gasteiger partial charge is 0.484 e. The number of halogens is 1. The average molecular weight is 406 g/mol. The number of carbonyl (C=O) groups is 1. The molecule has 1 saturated heterocycles. The van der Waals surface area contributed by atoms with Crippen LogP contribution < -0.4 is 20.3 Å². The molecule has 1 heterocycles. The van der Waals surface area contributed by atoms with Crippen molar-refractivity contribution in [3.63, 3.8) is 0 Å². The Labute approximate surface area is 168 Å². The lowest BCUT2D eigenvalue weighted by Gasteiger charge is -2.29. The third-order valence-electron chi connectivity index (χ3n) is 3.92. The molecule has 2 aromatic rings. The Hall–Kier alpha value is -2.35. The van der Waals surface area contributed by atoms with Crippen molar-refractivity contribution >= 4 is 46.2 Å². The smallest absolute Gasteiger partial charge is 0.264 e. The van der Waals surface area contributed by atoms with E-state index in [1.54, 1.807) is 18.2 Å². The SMILES string of the molecule is O=C(COc1ccccc1)NC(=S)Nc1ccc(N2CCOCC2)c(Cl)c1. The lowest BCUT2D eigenvalue weighted by Crippen LogP contribution is -2.37. The van der Waals surface area contributed by atoms with E-state index in [0.29, 0.717) is 29.7 Å². The zero-order chi connectivity index (χ0) is 19.1. The molecule has 2 aromatic carbocycles. The fourth-order valence-corrected chi connectivity index (χ4v) is 3.17. The number of nitrogens with zero attached hydrogens (tertiary/aromatic N) is 1. The quantitative estimate of drug-likeness (QED) is 0.745. The molecule has 8 heteroatoms. The number of morpholine rings is 1. The van der Waals surface area contributed by atoms with Crippen molar-refractivity contribution in [1.29, 1.82) is 0 Å². The van der Waals surface area contributed by atoms with E-state index in [1.807, 2.05) is 30.3 Å². The van der Waals surface area contributed by atoms with Gasteiger partial charge in [-0.15, -0.1) is 0 Å². The molecule has 0 bridgehead atoms. The zero-order valence-electron chi connectivity index (χ0n) is 14.6. The maximum Gasteiger partial charge on any atom is 0.264 e. The molecule has 1 amide bonds. The minimum atomic E-state index is -0.340. The Morgan fingerprint density at radius 3 is 2.63 bits per heavy atom. The van der Waals surface area contributed by atoms with E-state index >= 15 is 0 Å². The number of rotatable bonds is 5. The van der Waals surface area contributed by atoms with Crippen LogP contribution in [0.5, 0.6) is 5.75 Å². The molecule has 0 unspecified atom stereocenters. The van der Waals surface area contributed by atoms with Gasteiger partial charge in [-0.25, -0.2) is 0 Å². The van der Waals surface area contributed by atoms with Crippen LogP contribution >= 0.6 is 23.8 Å². The van der Waals surface area contributed by atoms with Crippen molar-refractivity contribution in [2.24, 2.45) is 0 Å². The predicted molar refractivity (Wildman–Crippen MR) is 111 cm³/mol. The van der Waals surface area contributed by atoms with Gasteiger partial charge in [-0.3, -0.25) is 10.1 Å². The fourth-order valence-electron chi connectivity index (χ4n) is 2.64. The van der Waals surface area contributed by atoms with Crippen molar-refractivity contribution in [3.8, 4) is 5.75 Å². The van der Waals surface area contributed by atoms with Crippen molar-refractivity contribution in [2.45, 2.75) is 0 Å². The van der Waals surface area contributed by atoms with E-state index in [9.17, 15) is 4.79 Å². The molecule has 1 aliphatic heterocycles. The fraction of sp³-hybridized carbons (Fsp3) is 0.263. The first kappa shape index (κ1) is 19.4. The lowest BCUT2D eigenvalue weighted by atomic mass is 10.2. The number of benzene rings is 2. The number of carbonyl (C=O) groups excluding carboxylic acids is 1. The number of amides is 1. The Balaban J connectivity index is 1.50. The van der Waals surface area contributed by atoms with Crippen LogP contribution in [-0.2, 0) is 9.53 Å². The average Bonchev–Trinajstić information content (AvgIpc) is 2.68. The Kier molecular flexibility index (Phi) is 6.86. The molecule has 0 radical (unpaired) electrons. The van der Waals surface area contributed by atoms with Crippen LogP contribution in [0.1, 0.15) is 0 Å². The van der Waals surface area contributed by atoms with Crippen LogP contribution in [0.25, 0.3) is 0 Å². The van der Waals surface area contributed by atoms with Crippen LogP contribution in [-0.4, -0.2) is 43.9 Å². The molecule has 0 saturated carbocycles. The monoisotopic (exact) mass is 405 g/mol. The van der Waals surface area contributed by atoms with E-state index in [4.69, 9.17) is 33.3 Å². The highest BCUT2D eigenvalue weighted by atomic mass is 35.5. The van der Waals surface area contributed by atoms with Crippen LogP contribution in [0, 0.1) is 0 Å². The van der Waals surface area contributed by atoms with Crippen LogP contribution in [0.4, 0.5) is 11.4 Å². The third kappa shape index (κ3) is 5.82.